The molecule has 152 valence electrons. The minimum atomic E-state index is -4.32. The number of ether oxygens (including phenoxy) is 2. The number of aromatic nitrogens is 1. The molecule has 2 rings (SSSR count). The van der Waals surface area contributed by atoms with E-state index in [9.17, 15) is 18.0 Å². The zero-order valence-corrected chi connectivity index (χ0v) is 16.0. The van der Waals surface area contributed by atoms with E-state index in [1.165, 1.54) is 18.3 Å². The van der Waals surface area contributed by atoms with Crippen molar-refractivity contribution < 1.29 is 27.4 Å². The quantitative estimate of drug-likeness (QED) is 0.659. The molecule has 0 radical (unpaired) electrons. The highest BCUT2D eigenvalue weighted by Gasteiger charge is 2.29. The van der Waals surface area contributed by atoms with E-state index in [1.807, 2.05) is 0 Å². The summed E-state index contributed by atoms with van der Waals surface area (Å²) in [5.41, 5.74) is -0.439. The summed E-state index contributed by atoms with van der Waals surface area (Å²) in [6, 6.07) is 8.36. The molecule has 5 nitrogen and oxygen atoms in total. The maximum atomic E-state index is 12.5. The van der Waals surface area contributed by atoms with Crippen molar-refractivity contribution >= 4 is 11.9 Å². The van der Waals surface area contributed by atoms with E-state index in [1.54, 1.807) is 32.9 Å². The molecule has 0 aliphatic rings. The second kappa shape index (κ2) is 8.95. The topological polar surface area (TPSA) is 60.5 Å². The average molecular weight is 396 g/mol. The van der Waals surface area contributed by atoms with Gasteiger partial charge in [-0.25, -0.2) is 9.78 Å². The van der Waals surface area contributed by atoms with E-state index < -0.39 is 23.4 Å². The van der Waals surface area contributed by atoms with Crippen molar-refractivity contribution in [2.75, 3.05) is 11.9 Å². The van der Waals surface area contributed by atoms with Gasteiger partial charge in [-0.1, -0.05) is 12.1 Å². The SMILES string of the molecule is CC(C)(C)OC(=O)Nc1ccc(OCCCc2ccc(C(F)(F)F)cc2)cn1. The molecule has 0 saturated carbocycles. The Morgan fingerprint density at radius 2 is 1.75 bits per heavy atom. The molecule has 1 amide bonds. The first kappa shape index (κ1) is 21.5. The van der Waals surface area contributed by atoms with Crippen molar-refractivity contribution in [1.82, 2.24) is 4.98 Å². The van der Waals surface area contributed by atoms with E-state index in [0.29, 0.717) is 31.0 Å². The van der Waals surface area contributed by atoms with Crippen molar-refractivity contribution in [3.05, 3.63) is 53.7 Å². The number of amides is 1. The van der Waals surface area contributed by atoms with E-state index >= 15 is 0 Å². The number of benzene rings is 1. The van der Waals surface area contributed by atoms with E-state index in [0.717, 1.165) is 17.7 Å². The number of rotatable bonds is 6. The summed E-state index contributed by atoms with van der Waals surface area (Å²) in [5.74, 6) is 0.869. The third-order valence-electron chi connectivity index (χ3n) is 3.53. The van der Waals surface area contributed by atoms with Gasteiger partial charge in [0, 0.05) is 0 Å². The number of nitrogens with one attached hydrogen (secondary N) is 1. The fourth-order valence-electron chi connectivity index (χ4n) is 2.27. The van der Waals surface area contributed by atoms with Gasteiger partial charge in [0.1, 0.15) is 17.2 Å². The highest BCUT2D eigenvalue weighted by Crippen LogP contribution is 2.29. The molecule has 8 heteroatoms. The number of carbonyl (C=O) groups excluding carboxylic acids is 1. The molecule has 2 aromatic rings. The van der Waals surface area contributed by atoms with Crippen LogP contribution in [0, 0.1) is 0 Å². The Kier molecular flexibility index (Phi) is 6.88. The standard InChI is InChI=1S/C20H23F3N2O3/c1-19(2,3)28-18(26)25-17-11-10-16(13-24-17)27-12-4-5-14-6-8-15(9-7-14)20(21,22)23/h6-11,13H,4-5,12H2,1-3H3,(H,24,25,26). The second-order valence-electron chi connectivity index (χ2n) is 7.15. The Morgan fingerprint density at radius 1 is 1.07 bits per heavy atom. The highest BCUT2D eigenvalue weighted by molar-refractivity contribution is 5.83. The van der Waals surface area contributed by atoms with Crippen LogP contribution in [0.1, 0.15) is 38.3 Å². The predicted octanol–water partition coefficient (Wildman–Crippen LogP) is 5.46. The van der Waals surface area contributed by atoms with Gasteiger partial charge in [0.15, 0.2) is 0 Å². The van der Waals surface area contributed by atoms with E-state index in [2.05, 4.69) is 10.3 Å². The monoisotopic (exact) mass is 396 g/mol. The fraction of sp³-hybridized carbons (Fsp3) is 0.400. The Balaban J connectivity index is 1.74. The van der Waals surface area contributed by atoms with Crippen molar-refractivity contribution in [2.24, 2.45) is 0 Å². The fourth-order valence-corrected chi connectivity index (χ4v) is 2.27. The lowest BCUT2D eigenvalue weighted by Gasteiger charge is -2.19. The van der Waals surface area contributed by atoms with Crippen molar-refractivity contribution in [1.29, 1.82) is 0 Å². The molecule has 1 heterocycles. The smallest absolute Gasteiger partial charge is 0.416 e. The number of hydrogen-bond donors (Lipinski definition) is 1. The van der Waals surface area contributed by atoms with Crippen LogP contribution in [0.5, 0.6) is 5.75 Å². The number of aryl methyl sites for hydroxylation is 1. The molecular formula is C20H23F3N2O3. The van der Waals surface area contributed by atoms with Crippen LogP contribution in [0.2, 0.25) is 0 Å². The van der Waals surface area contributed by atoms with Crippen molar-refractivity contribution in [3.8, 4) is 5.75 Å². The number of carbonyl (C=O) groups is 1. The third-order valence-corrected chi connectivity index (χ3v) is 3.53. The van der Waals surface area contributed by atoms with E-state index in [-0.39, 0.29) is 0 Å². The van der Waals surface area contributed by atoms with Crippen LogP contribution in [0.25, 0.3) is 0 Å². The first-order valence-electron chi connectivity index (χ1n) is 8.78. The van der Waals surface area contributed by atoms with Crippen LogP contribution in [0.4, 0.5) is 23.8 Å². The maximum absolute atomic E-state index is 12.5. The summed E-state index contributed by atoms with van der Waals surface area (Å²) in [7, 11) is 0. The molecule has 0 spiro atoms. The largest absolute Gasteiger partial charge is 0.492 e. The van der Waals surface area contributed by atoms with Gasteiger partial charge < -0.3 is 9.47 Å². The van der Waals surface area contributed by atoms with Gasteiger partial charge in [-0.05, 0) is 63.4 Å². The Hall–Kier alpha value is -2.77. The van der Waals surface area contributed by atoms with Crippen molar-refractivity contribution in [2.45, 2.75) is 45.4 Å². The molecule has 0 aliphatic heterocycles. The molecule has 1 aromatic carbocycles. The summed E-state index contributed by atoms with van der Waals surface area (Å²) in [5, 5.41) is 2.52. The molecule has 1 aromatic heterocycles. The van der Waals surface area contributed by atoms with Crippen LogP contribution in [-0.4, -0.2) is 23.3 Å². The predicted molar refractivity (Wildman–Crippen MR) is 99.4 cm³/mol. The highest BCUT2D eigenvalue weighted by atomic mass is 19.4. The van der Waals surface area contributed by atoms with Gasteiger partial charge in [-0.3, -0.25) is 5.32 Å². The van der Waals surface area contributed by atoms with Crippen LogP contribution in [0.3, 0.4) is 0 Å². The molecule has 0 fully saturated rings. The van der Waals surface area contributed by atoms with E-state index in [4.69, 9.17) is 9.47 Å². The molecule has 28 heavy (non-hydrogen) atoms. The lowest BCUT2D eigenvalue weighted by molar-refractivity contribution is -0.137. The van der Waals surface area contributed by atoms with Gasteiger partial charge in [0.05, 0.1) is 18.4 Å². The number of hydrogen-bond acceptors (Lipinski definition) is 4. The van der Waals surface area contributed by atoms with Gasteiger partial charge in [-0.2, -0.15) is 13.2 Å². The first-order valence-corrected chi connectivity index (χ1v) is 8.78. The lowest BCUT2D eigenvalue weighted by atomic mass is 10.1. The number of anilines is 1. The number of halogens is 3. The van der Waals surface area contributed by atoms with Crippen molar-refractivity contribution in [3.63, 3.8) is 0 Å². The summed E-state index contributed by atoms with van der Waals surface area (Å²) >= 11 is 0. The van der Waals surface area contributed by atoms with Crippen LogP contribution < -0.4 is 10.1 Å². The number of nitrogens with zero attached hydrogens (tertiary/aromatic N) is 1. The molecule has 0 bridgehead atoms. The summed E-state index contributed by atoms with van der Waals surface area (Å²) in [6.45, 7) is 5.69. The van der Waals surface area contributed by atoms with Gasteiger partial charge in [-0.15, -0.1) is 0 Å². The zero-order chi connectivity index (χ0) is 20.8. The normalized spacial score (nSPS) is 11.8. The molecule has 0 saturated heterocycles. The number of alkyl halides is 3. The van der Waals surface area contributed by atoms with Crippen LogP contribution in [0.15, 0.2) is 42.6 Å². The molecule has 1 N–H and O–H groups in total. The molecule has 0 aliphatic carbocycles. The van der Waals surface area contributed by atoms with Gasteiger partial charge >= 0.3 is 12.3 Å². The second-order valence-corrected chi connectivity index (χ2v) is 7.15. The summed E-state index contributed by atoms with van der Waals surface area (Å²) in [6.07, 6.45) is -2.19. The molecule has 0 unspecified atom stereocenters. The maximum Gasteiger partial charge on any atom is 0.416 e. The van der Waals surface area contributed by atoms with Crippen LogP contribution >= 0.6 is 0 Å². The minimum absolute atomic E-state index is 0.339. The molecule has 0 atom stereocenters. The zero-order valence-electron chi connectivity index (χ0n) is 16.0. The Bertz CT molecular complexity index is 767. The van der Waals surface area contributed by atoms with Gasteiger partial charge in [0.25, 0.3) is 0 Å². The number of pyridine rings is 1. The Morgan fingerprint density at radius 3 is 2.29 bits per heavy atom. The van der Waals surface area contributed by atoms with Crippen LogP contribution in [-0.2, 0) is 17.3 Å². The third kappa shape index (κ3) is 7.46. The Labute approximate surface area is 161 Å². The summed E-state index contributed by atoms with van der Waals surface area (Å²) in [4.78, 5) is 15.7. The summed E-state index contributed by atoms with van der Waals surface area (Å²) < 4.78 is 48.3. The van der Waals surface area contributed by atoms with Gasteiger partial charge in [0.2, 0.25) is 0 Å². The lowest BCUT2D eigenvalue weighted by Crippen LogP contribution is -2.27. The first-order chi connectivity index (χ1) is 13.0. The minimum Gasteiger partial charge on any atom is -0.492 e. The molecular weight excluding hydrogens is 373 g/mol. The average Bonchev–Trinajstić information content (AvgIpc) is 2.58.